The minimum atomic E-state index is -0.109. The summed E-state index contributed by atoms with van der Waals surface area (Å²) in [6, 6.07) is 2.69. The number of β-amino-alcohol motifs (C(OH)–C–C–N with tert-alkyl or cyclic N) is 1. The number of rotatable bonds is 2. The van der Waals surface area contributed by atoms with Gasteiger partial charge in [0.1, 0.15) is 12.1 Å². The lowest BCUT2D eigenvalue weighted by Gasteiger charge is -2.37. The fourth-order valence-corrected chi connectivity index (χ4v) is 3.17. The van der Waals surface area contributed by atoms with Crippen molar-refractivity contribution in [2.45, 2.75) is 38.3 Å². The maximum absolute atomic E-state index is 9.62. The van der Waals surface area contributed by atoms with Gasteiger partial charge in [0.2, 0.25) is 0 Å². The van der Waals surface area contributed by atoms with Crippen molar-refractivity contribution >= 4 is 5.82 Å². The number of hydrogen-bond donors (Lipinski definition) is 1. The molecule has 2 aliphatic heterocycles. The van der Waals surface area contributed by atoms with Gasteiger partial charge in [-0.25, -0.2) is 9.97 Å². The highest BCUT2D eigenvalue weighted by Gasteiger charge is 2.30. The van der Waals surface area contributed by atoms with Crippen LogP contribution in [0, 0.1) is 6.92 Å². The molecule has 3 heterocycles. The number of hydrogen-bond acceptors (Lipinski definition) is 5. The Hall–Kier alpha value is -1.20. The van der Waals surface area contributed by atoms with Crippen molar-refractivity contribution in [3.8, 4) is 0 Å². The standard InChI is InChI=1S/C14H22N4O/c1-11-8-14(16-10-15-11)17-5-2-12(3-6-17)18-7-4-13(19)9-18/h8,10,12-13,19H,2-7,9H2,1H3. The van der Waals surface area contributed by atoms with Crippen LogP contribution in [0.5, 0.6) is 0 Å². The minimum Gasteiger partial charge on any atom is -0.392 e. The SMILES string of the molecule is Cc1cc(N2CCC(N3CCC(O)C3)CC2)ncn1. The van der Waals surface area contributed by atoms with E-state index in [-0.39, 0.29) is 6.10 Å². The molecule has 104 valence electrons. The van der Waals surface area contributed by atoms with E-state index in [0.717, 1.165) is 57.0 Å². The zero-order valence-electron chi connectivity index (χ0n) is 11.5. The van der Waals surface area contributed by atoms with Crippen molar-refractivity contribution in [2.24, 2.45) is 0 Å². The second kappa shape index (κ2) is 5.43. The smallest absolute Gasteiger partial charge is 0.132 e. The zero-order chi connectivity index (χ0) is 13.2. The number of aromatic nitrogens is 2. The average molecular weight is 262 g/mol. The summed E-state index contributed by atoms with van der Waals surface area (Å²) in [6.07, 6.45) is 4.80. The molecule has 19 heavy (non-hydrogen) atoms. The van der Waals surface area contributed by atoms with Gasteiger partial charge < -0.3 is 10.0 Å². The second-order valence-corrected chi connectivity index (χ2v) is 5.67. The van der Waals surface area contributed by atoms with Crippen LogP contribution in [0.4, 0.5) is 5.82 Å². The molecule has 1 N–H and O–H groups in total. The van der Waals surface area contributed by atoms with Crippen molar-refractivity contribution in [1.82, 2.24) is 14.9 Å². The molecule has 3 rings (SSSR count). The van der Waals surface area contributed by atoms with Crippen LogP contribution >= 0.6 is 0 Å². The Morgan fingerprint density at radius 3 is 2.58 bits per heavy atom. The van der Waals surface area contributed by atoms with Gasteiger partial charge in [-0.1, -0.05) is 0 Å². The van der Waals surface area contributed by atoms with Crippen LogP contribution in [0.25, 0.3) is 0 Å². The van der Waals surface area contributed by atoms with E-state index in [4.69, 9.17) is 0 Å². The topological polar surface area (TPSA) is 52.5 Å². The molecule has 0 spiro atoms. The van der Waals surface area contributed by atoms with Gasteiger partial charge in [-0.05, 0) is 26.2 Å². The number of aliphatic hydroxyl groups excluding tert-OH is 1. The first kappa shape index (κ1) is 12.8. The van der Waals surface area contributed by atoms with Gasteiger partial charge in [0.15, 0.2) is 0 Å². The zero-order valence-corrected chi connectivity index (χ0v) is 11.5. The van der Waals surface area contributed by atoms with Crippen molar-refractivity contribution in [1.29, 1.82) is 0 Å². The summed E-state index contributed by atoms with van der Waals surface area (Å²) < 4.78 is 0. The summed E-state index contributed by atoms with van der Waals surface area (Å²) in [6.45, 7) is 6.01. The fourth-order valence-electron chi connectivity index (χ4n) is 3.17. The largest absolute Gasteiger partial charge is 0.392 e. The molecule has 5 nitrogen and oxygen atoms in total. The molecule has 2 fully saturated rings. The molecule has 2 aliphatic rings. The van der Waals surface area contributed by atoms with Gasteiger partial charge in [-0.3, -0.25) is 4.90 Å². The van der Waals surface area contributed by atoms with E-state index in [1.54, 1.807) is 6.33 Å². The van der Waals surface area contributed by atoms with Crippen LogP contribution in [0.3, 0.4) is 0 Å². The predicted octanol–water partition coefficient (Wildman–Crippen LogP) is 0.820. The van der Waals surface area contributed by atoms with Crippen molar-refractivity contribution in [3.05, 3.63) is 18.1 Å². The summed E-state index contributed by atoms with van der Waals surface area (Å²) in [7, 11) is 0. The molecule has 2 saturated heterocycles. The van der Waals surface area contributed by atoms with Gasteiger partial charge in [-0.2, -0.15) is 0 Å². The first-order valence-electron chi connectivity index (χ1n) is 7.18. The Morgan fingerprint density at radius 1 is 1.16 bits per heavy atom. The second-order valence-electron chi connectivity index (χ2n) is 5.67. The summed E-state index contributed by atoms with van der Waals surface area (Å²) >= 11 is 0. The van der Waals surface area contributed by atoms with Gasteiger partial charge in [0.25, 0.3) is 0 Å². The quantitative estimate of drug-likeness (QED) is 0.855. The van der Waals surface area contributed by atoms with E-state index in [9.17, 15) is 5.11 Å². The predicted molar refractivity (Wildman–Crippen MR) is 74.2 cm³/mol. The molecular weight excluding hydrogens is 240 g/mol. The van der Waals surface area contributed by atoms with E-state index < -0.39 is 0 Å². The Morgan fingerprint density at radius 2 is 1.95 bits per heavy atom. The van der Waals surface area contributed by atoms with E-state index in [0.29, 0.717) is 6.04 Å². The molecule has 0 radical (unpaired) electrons. The normalized spacial score (nSPS) is 26.0. The summed E-state index contributed by atoms with van der Waals surface area (Å²) in [4.78, 5) is 13.3. The van der Waals surface area contributed by atoms with Crippen molar-refractivity contribution in [3.63, 3.8) is 0 Å². The molecule has 0 aliphatic carbocycles. The molecule has 0 amide bonds. The molecule has 0 bridgehead atoms. The molecule has 1 aromatic rings. The number of nitrogens with zero attached hydrogens (tertiary/aromatic N) is 4. The molecule has 0 saturated carbocycles. The number of anilines is 1. The van der Waals surface area contributed by atoms with Crippen molar-refractivity contribution < 1.29 is 5.11 Å². The lowest BCUT2D eigenvalue weighted by atomic mass is 10.0. The molecule has 1 aromatic heterocycles. The first-order valence-corrected chi connectivity index (χ1v) is 7.18. The maximum atomic E-state index is 9.62. The maximum Gasteiger partial charge on any atom is 0.132 e. The van der Waals surface area contributed by atoms with Gasteiger partial charge in [0, 0.05) is 44.0 Å². The number of aryl methyl sites for hydroxylation is 1. The van der Waals surface area contributed by atoms with Crippen LogP contribution in [-0.2, 0) is 0 Å². The van der Waals surface area contributed by atoms with E-state index in [1.165, 1.54) is 0 Å². The highest BCUT2D eigenvalue weighted by molar-refractivity contribution is 5.39. The Labute approximate surface area is 114 Å². The van der Waals surface area contributed by atoms with Crippen LogP contribution in [0.2, 0.25) is 0 Å². The van der Waals surface area contributed by atoms with Crippen LogP contribution in [-0.4, -0.2) is 58.3 Å². The Bertz CT molecular complexity index is 431. The van der Waals surface area contributed by atoms with Crippen LogP contribution < -0.4 is 4.90 Å². The third-order valence-corrected chi connectivity index (χ3v) is 4.29. The number of likely N-dealkylation sites (tertiary alicyclic amines) is 1. The summed E-state index contributed by atoms with van der Waals surface area (Å²) in [5.41, 5.74) is 1.02. The van der Waals surface area contributed by atoms with Gasteiger partial charge in [0.05, 0.1) is 6.10 Å². The lowest BCUT2D eigenvalue weighted by molar-refractivity contribution is 0.148. The molecule has 1 atom stereocenters. The molecule has 5 heteroatoms. The highest BCUT2D eigenvalue weighted by atomic mass is 16.3. The van der Waals surface area contributed by atoms with E-state index >= 15 is 0 Å². The third-order valence-electron chi connectivity index (χ3n) is 4.29. The van der Waals surface area contributed by atoms with Gasteiger partial charge >= 0.3 is 0 Å². The Balaban J connectivity index is 1.57. The minimum absolute atomic E-state index is 0.109. The fraction of sp³-hybridized carbons (Fsp3) is 0.714. The Kier molecular flexibility index (Phi) is 3.66. The van der Waals surface area contributed by atoms with Crippen molar-refractivity contribution in [2.75, 3.05) is 31.1 Å². The third kappa shape index (κ3) is 2.87. The van der Waals surface area contributed by atoms with Crippen LogP contribution in [0.1, 0.15) is 25.0 Å². The van der Waals surface area contributed by atoms with Gasteiger partial charge in [-0.15, -0.1) is 0 Å². The monoisotopic (exact) mass is 262 g/mol. The van der Waals surface area contributed by atoms with Crippen LogP contribution in [0.15, 0.2) is 12.4 Å². The average Bonchev–Trinajstić information content (AvgIpc) is 2.86. The molecular formula is C14H22N4O. The van der Waals surface area contributed by atoms with E-state index in [2.05, 4.69) is 25.8 Å². The lowest BCUT2D eigenvalue weighted by Crippen LogP contribution is -2.44. The molecule has 1 unspecified atom stereocenters. The molecule has 0 aromatic carbocycles. The first-order chi connectivity index (χ1) is 9.22. The number of aliphatic hydroxyl groups is 1. The summed E-state index contributed by atoms with van der Waals surface area (Å²) in [5.74, 6) is 1.05. The van der Waals surface area contributed by atoms with E-state index in [1.807, 2.05) is 6.92 Å². The highest BCUT2D eigenvalue weighted by Crippen LogP contribution is 2.23. The summed E-state index contributed by atoms with van der Waals surface area (Å²) in [5, 5.41) is 9.62. The number of piperidine rings is 1.